The minimum absolute atomic E-state index is 0.401. The van der Waals surface area contributed by atoms with Crippen LogP contribution in [-0.4, -0.2) is 21.7 Å². The van der Waals surface area contributed by atoms with Crippen LogP contribution < -0.4 is 4.90 Å². The van der Waals surface area contributed by atoms with E-state index in [1.54, 1.807) is 0 Å². The van der Waals surface area contributed by atoms with Crippen LogP contribution in [-0.2, 0) is 13.0 Å². The molecule has 5 rings (SSSR count). The molecule has 1 aliphatic heterocycles. The molecule has 0 saturated carbocycles. The van der Waals surface area contributed by atoms with Gasteiger partial charge in [0, 0.05) is 22.7 Å². The summed E-state index contributed by atoms with van der Waals surface area (Å²) in [6.45, 7) is 1.35. The van der Waals surface area contributed by atoms with E-state index in [0.717, 1.165) is 46.6 Å². The molecule has 0 N–H and O–H groups in total. The molecule has 0 unspecified atom stereocenters. The van der Waals surface area contributed by atoms with Gasteiger partial charge in [-0.1, -0.05) is 40.5 Å². The van der Waals surface area contributed by atoms with E-state index in [0.29, 0.717) is 22.5 Å². The van der Waals surface area contributed by atoms with E-state index in [-0.39, 0.29) is 0 Å². The summed E-state index contributed by atoms with van der Waals surface area (Å²) >= 11 is 12.4. The summed E-state index contributed by atoms with van der Waals surface area (Å²) in [6.07, 6.45) is 0.793. The quantitative estimate of drug-likeness (QED) is 0.468. The first kappa shape index (κ1) is 16.5. The predicted molar refractivity (Wildman–Crippen MR) is 106 cm³/mol. The average molecular weight is 397 g/mol. The maximum absolute atomic E-state index is 6.41. The minimum Gasteiger partial charge on any atom is -0.356 e. The summed E-state index contributed by atoms with van der Waals surface area (Å²) in [5.74, 6) is 1.48. The van der Waals surface area contributed by atoms with E-state index in [2.05, 4.69) is 15.0 Å². The number of aromatic nitrogens is 3. The first-order valence-corrected chi connectivity index (χ1v) is 9.35. The largest absolute Gasteiger partial charge is 0.356 e. The molecule has 0 atom stereocenters. The van der Waals surface area contributed by atoms with Crippen LogP contribution in [0.2, 0.25) is 10.2 Å². The highest BCUT2D eigenvalue weighted by atomic mass is 35.5. The van der Waals surface area contributed by atoms with Crippen molar-refractivity contribution in [3.8, 4) is 11.3 Å². The van der Waals surface area contributed by atoms with E-state index in [1.807, 2.05) is 48.5 Å². The second-order valence-electron chi connectivity index (χ2n) is 6.44. The Bertz CT molecular complexity index is 1140. The van der Waals surface area contributed by atoms with Gasteiger partial charge in [0.1, 0.15) is 5.69 Å². The zero-order valence-electron chi connectivity index (χ0n) is 14.2. The Balaban J connectivity index is 1.49. The Morgan fingerprint density at radius 1 is 0.926 bits per heavy atom. The lowest BCUT2D eigenvalue weighted by atomic mass is 10.0. The van der Waals surface area contributed by atoms with Gasteiger partial charge < -0.3 is 9.42 Å². The lowest BCUT2D eigenvalue weighted by molar-refractivity contribution is 0.423. The highest BCUT2D eigenvalue weighted by molar-refractivity contribution is 6.32. The molecule has 5 nitrogen and oxygen atoms in total. The molecule has 1 aliphatic rings. The van der Waals surface area contributed by atoms with Crippen molar-refractivity contribution in [3.63, 3.8) is 0 Å². The number of para-hydroxylation sites is 2. The molecule has 2 aromatic heterocycles. The van der Waals surface area contributed by atoms with Gasteiger partial charge in [0.2, 0.25) is 0 Å². The highest BCUT2D eigenvalue weighted by Gasteiger charge is 2.27. The van der Waals surface area contributed by atoms with Crippen molar-refractivity contribution in [1.82, 2.24) is 15.1 Å². The Hall–Kier alpha value is -2.63. The standard InChI is InChI=1S/C20H14Cl2N4O/c21-13-7-5-12(6-8-13)18-14-9-10-26(11-17(14)25-27-18)20-19(22)23-15-3-1-2-4-16(15)24-20/h1-8H,9-11H2. The molecule has 0 spiro atoms. The summed E-state index contributed by atoms with van der Waals surface area (Å²) in [5, 5.41) is 5.38. The monoisotopic (exact) mass is 396 g/mol. The van der Waals surface area contributed by atoms with Crippen LogP contribution in [0.25, 0.3) is 22.4 Å². The maximum Gasteiger partial charge on any atom is 0.172 e. The summed E-state index contributed by atoms with van der Waals surface area (Å²) < 4.78 is 5.64. The topological polar surface area (TPSA) is 55.1 Å². The smallest absolute Gasteiger partial charge is 0.172 e. The molecular formula is C20H14Cl2N4O. The molecule has 3 heterocycles. The predicted octanol–water partition coefficient (Wildman–Crippen LogP) is 5.15. The van der Waals surface area contributed by atoms with Gasteiger partial charge in [-0.05, 0) is 42.8 Å². The van der Waals surface area contributed by atoms with Crippen molar-refractivity contribution in [2.45, 2.75) is 13.0 Å². The lowest BCUT2D eigenvalue weighted by Gasteiger charge is -2.27. The number of fused-ring (bicyclic) bond motifs is 2. The van der Waals surface area contributed by atoms with Gasteiger partial charge in [0.25, 0.3) is 0 Å². The first-order valence-electron chi connectivity index (χ1n) is 8.59. The number of nitrogens with zero attached hydrogens (tertiary/aromatic N) is 4. The van der Waals surface area contributed by atoms with Gasteiger partial charge in [0.15, 0.2) is 16.7 Å². The second kappa shape index (κ2) is 6.51. The summed E-state index contributed by atoms with van der Waals surface area (Å²) in [4.78, 5) is 11.3. The molecular weight excluding hydrogens is 383 g/mol. The molecule has 2 aromatic carbocycles. The Morgan fingerprint density at radius 3 is 2.44 bits per heavy atom. The molecule has 0 radical (unpaired) electrons. The van der Waals surface area contributed by atoms with E-state index in [1.165, 1.54) is 0 Å². The summed E-state index contributed by atoms with van der Waals surface area (Å²) in [5.41, 5.74) is 4.61. The zero-order valence-corrected chi connectivity index (χ0v) is 15.7. The Kier molecular flexibility index (Phi) is 3.99. The molecule has 0 bridgehead atoms. The summed E-state index contributed by atoms with van der Waals surface area (Å²) in [7, 11) is 0. The van der Waals surface area contributed by atoms with Crippen LogP contribution in [0.5, 0.6) is 0 Å². The normalized spacial score (nSPS) is 13.8. The van der Waals surface area contributed by atoms with Crippen molar-refractivity contribution >= 4 is 40.1 Å². The van der Waals surface area contributed by atoms with Gasteiger partial charge in [0.05, 0.1) is 17.6 Å². The number of halogens is 2. The molecule has 27 heavy (non-hydrogen) atoms. The van der Waals surface area contributed by atoms with Crippen LogP contribution >= 0.6 is 23.2 Å². The van der Waals surface area contributed by atoms with E-state index in [4.69, 9.17) is 32.7 Å². The lowest BCUT2D eigenvalue weighted by Crippen LogP contribution is -2.31. The molecule has 134 valence electrons. The molecule has 7 heteroatoms. The molecule has 0 amide bonds. The first-order chi connectivity index (χ1) is 13.2. The SMILES string of the molecule is Clc1ccc(-c2onc3c2CCN(c2nc4ccccc4nc2Cl)C3)cc1. The fourth-order valence-electron chi connectivity index (χ4n) is 3.41. The molecule has 0 fully saturated rings. The molecule has 0 saturated heterocycles. The maximum atomic E-state index is 6.41. The van der Waals surface area contributed by atoms with Gasteiger partial charge in [-0.25, -0.2) is 9.97 Å². The average Bonchev–Trinajstić information content (AvgIpc) is 3.11. The van der Waals surface area contributed by atoms with Crippen LogP contribution in [0, 0.1) is 0 Å². The zero-order chi connectivity index (χ0) is 18.4. The van der Waals surface area contributed by atoms with E-state index >= 15 is 0 Å². The fraction of sp³-hybridized carbons (Fsp3) is 0.150. The Labute approximate surface area is 165 Å². The third-order valence-electron chi connectivity index (χ3n) is 4.76. The van der Waals surface area contributed by atoms with Crippen molar-refractivity contribution in [2.75, 3.05) is 11.4 Å². The minimum atomic E-state index is 0.401. The van der Waals surface area contributed by atoms with Gasteiger partial charge in [-0.3, -0.25) is 0 Å². The number of benzene rings is 2. The van der Waals surface area contributed by atoms with Crippen LogP contribution in [0.4, 0.5) is 5.82 Å². The third-order valence-corrected chi connectivity index (χ3v) is 5.26. The van der Waals surface area contributed by atoms with Crippen molar-refractivity contribution in [1.29, 1.82) is 0 Å². The highest BCUT2D eigenvalue weighted by Crippen LogP contribution is 2.34. The third kappa shape index (κ3) is 2.93. The van der Waals surface area contributed by atoms with Crippen molar-refractivity contribution in [3.05, 3.63) is 70.0 Å². The van der Waals surface area contributed by atoms with Gasteiger partial charge >= 0.3 is 0 Å². The summed E-state index contributed by atoms with van der Waals surface area (Å²) in [6, 6.07) is 15.3. The van der Waals surface area contributed by atoms with Crippen molar-refractivity contribution in [2.24, 2.45) is 0 Å². The van der Waals surface area contributed by atoms with Gasteiger partial charge in [-0.2, -0.15) is 0 Å². The van der Waals surface area contributed by atoms with E-state index < -0.39 is 0 Å². The van der Waals surface area contributed by atoms with Crippen LogP contribution in [0.15, 0.2) is 53.1 Å². The number of anilines is 1. The number of rotatable bonds is 2. The number of hydrogen-bond donors (Lipinski definition) is 0. The molecule has 0 aliphatic carbocycles. The van der Waals surface area contributed by atoms with Gasteiger partial charge in [-0.15, -0.1) is 0 Å². The van der Waals surface area contributed by atoms with Crippen LogP contribution in [0.1, 0.15) is 11.3 Å². The van der Waals surface area contributed by atoms with Crippen molar-refractivity contribution < 1.29 is 4.52 Å². The number of hydrogen-bond acceptors (Lipinski definition) is 5. The Morgan fingerprint density at radius 2 is 1.67 bits per heavy atom. The molecule has 4 aromatic rings. The second-order valence-corrected chi connectivity index (χ2v) is 7.24. The fourth-order valence-corrected chi connectivity index (χ4v) is 3.79. The van der Waals surface area contributed by atoms with E-state index in [9.17, 15) is 0 Å². The van der Waals surface area contributed by atoms with Crippen LogP contribution in [0.3, 0.4) is 0 Å².